The molecule has 120 valence electrons. The maximum atomic E-state index is 13.0. The number of aromatic nitrogens is 2. The number of aliphatic hydroxyl groups excluding tert-OH is 2. The third-order valence-electron chi connectivity index (χ3n) is 3.58. The normalized spacial score (nSPS) is 20.6. The highest BCUT2D eigenvalue weighted by atomic mass is 19.1. The van der Waals surface area contributed by atoms with Gasteiger partial charge in [0, 0.05) is 5.56 Å². The number of aliphatic hydroxyl groups is 3. The van der Waals surface area contributed by atoms with Gasteiger partial charge in [0.1, 0.15) is 17.8 Å². The summed E-state index contributed by atoms with van der Waals surface area (Å²) in [6.07, 6.45) is 0.897. The fourth-order valence-electron chi connectivity index (χ4n) is 2.45. The van der Waals surface area contributed by atoms with Crippen LogP contribution in [0, 0.1) is 5.82 Å². The number of hydrogen-bond donors (Lipinski definition) is 4. The molecule has 1 aliphatic heterocycles. The fourth-order valence-corrected chi connectivity index (χ4v) is 2.45. The van der Waals surface area contributed by atoms with Crippen molar-refractivity contribution in [2.75, 3.05) is 0 Å². The second-order valence-electron chi connectivity index (χ2n) is 5.13. The summed E-state index contributed by atoms with van der Waals surface area (Å²) in [5, 5.41) is 40.3. The highest BCUT2D eigenvalue weighted by molar-refractivity contribution is 5.96. The first kappa shape index (κ1) is 14.9. The molecule has 1 aromatic heterocycles. The maximum absolute atomic E-state index is 13.0. The zero-order valence-electron chi connectivity index (χ0n) is 11.8. The Labute approximate surface area is 128 Å². The van der Waals surface area contributed by atoms with Crippen LogP contribution in [0.15, 0.2) is 36.5 Å². The van der Waals surface area contributed by atoms with Gasteiger partial charge < -0.3 is 20.5 Å². The fraction of sp³-hybridized carbons (Fsp3) is 0.143. The Morgan fingerprint density at radius 2 is 1.87 bits per heavy atom. The SMILES string of the molecule is CC1(O)c2ncn(O)c2C(O)=C(O)N1C(=O)c1ccc(F)cc1. The van der Waals surface area contributed by atoms with Gasteiger partial charge in [-0.25, -0.2) is 14.3 Å². The Morgan fingerprint density at radius 1 is 1.26 bits per heavy atom. The molecular weight excluding hydrogens is 309 g/mol. The summed E-state index contributed by atoms with van der Waals surface area (Å²) >= 11 is 0. The van der Waals surface area contributed by atoms with E-state index in [2.05, 4.69) is 4.98 Å². The minimum absolute atomic E-state index is 0.0297. The molecule has 0 fully saturated rings. The smallest absolute Gasteiger partial charge is 0.263 e. The van der Waals surface area contributed by atoms with E-state index in [1.54, 1.807) is 0 Å². The first-order valence-corrected chi connectivity index (χ1v) is 6.47. The van der Waals surface area contributed by atoms with Crippen LogP contribution < -0.4 is 0 Å². The highest BCUT2D eigenvalue weighted by Gasteiger charge is 2.48. The van der Waals surface area contributed by atoms with Gasteiger partial charge in [0.05, 0.1) is 0 Å². The van der Waals surface area contributed by atoms with Gasteiger partial charge >= 0.3 is 0 Å². The molecule has 1 unspecified atom stereocenters. The van der Waals surface area contributed by atoms with E-state index >= 15 is 0 Å². The van der Waals surface area contributed by atoms with Crippen molar-refractivity contribution in [1.82, 2.24) is 14.6 Å². The Morgan fingerprint density at radius 3 is 2.48 bits per heavy atom. The second kappa shape index (κ2) is 4.71. The summed E-state index contributed by atoms with van der Waals surface area (Å²) in [5.74, 6) is -3.25. The number of carbonyl (C=O) groups excluding carboxylic acids is 1. The number of imidazole rings is 1. The van der Waals surface area contributed by atoms with Crippen LogP contribution in [0.25, 0.3) is 5.76 Å². The standard InChI is InChI=1S/C14H12FN3O5/c1-14(22)11-9(17(23)6-16-11)10(19)13(21)18(14)12(20)7-2-4-8(15)5-3-7/h2-6,19,21-23H,1H3. The molecule has 1 atom stereocenters. The zero-order chi connectivity index (χ0) is 16.9. The number of hydrogen-bond acceptors (Lipinski definition) is 6. The molecule has 8 nitrogen and oxygen atoms in total. The number of halogens is 1. The van der Waals surface area contributed by atoms with Crippen LogP contribution in [0.1, 0.15) is 28.7 Å². The Kier molecular flexibility index (Phi) is 3.04. The van der Waals surface area contributed by atoms with Gasteiger partial charge in [0.15, 0.2) is 11.4 Å². The van der Waals surface area contributed by atoms with E-state index in [0.717, 1.165) is 37.5 Å². The Hall–Kier alpha value is -3.07. The van der Waals surface area contributed by atoms with Gasteiger partial charge in [-0.3, -0.25) is 4.79 Å². The molecule has 0 radical (unpaired) electrons. The van der Waals surface area contributed by atoms with E-state index in [0.29, 0.717) is 9.63 Å². The topological polar surface area (TPSA) is 119 Å². The maximum Gasteiger partial charge on any atom is 0.263 e. The Balaban J connectivity index is 2.14. The summed E-state index contributed by atoms with van der Waals surface area (Å²) in [4.78, 5) is 16.8. The lowest BCUT2D eigenvalue weighted by Crippen LogP contribution is -2.50. The first-order chi connectivity index (χ1) is 10.7. The molecule has 1 amide bonds. The van der Waals surface area contributed by atoms with Gasteiger partial charge in [-0.2, -0.15) is 4.73 Å². The molecule has 2 heterocycles. The molecular formula is C14H12FN3O5. The van der Waals surface area contributed by atoms with Gasteiger partial charge in [-0.1, -0.05) is 0 Å². The van der Waals surface area contributed by atoms with E-state index in [9.17, 15) is 29.7 Å². The number of amides is 1. The second-order valence-corrected chi connectivity index (χ2v) is 5.13. The lowest BCUT2D eigenvalue weighted by atomic mass is 10.0. The number of nitrogens with zero attached hydrogens (tertiary/aromatic N) is 3. The van der Waals surface area contributed by atoms with Gasteiger partial charge in [0.2, 0.25) is 11.6 Å². The quantitative estimate of drug-likeness (QED) is 0.588. The molecule has 0 spiro atoms. The summed E-state index contributed by atoms with van der Waals surface area (Å²) in [6, 6.07) is 4.41. The minimum atomic E-state index is -2.15. The van der Waals surface area contributed by atoms with Crippen molar-refractivity contribution in [3.05, 3.63) is 59.2 Å². The molecule has 23 heavy (non-hydrogen) atoms. The zero-order valence-corrected chi connectivity index (χ0v) is 11.8. The highest BCUT2D eigenvalue weighted by Crippen LogP contribution is 2.39. The third kappa shape index (κ3) is 2.01. The van der Waals surface area contributed by atoms with Crippen molar-refractivity contribution in [3.63, 3.8) is 0 Å². The van der Waals surface area contributed by atoms with Gasteiger partial charge in [-0.15, -0.1) is 0 Å². The van der Waals surface area contributed by atoms with Crippen LogP contribution in [0.2, 0.25) is 0 Å². The Bertz CT molecular complexity index is 825. The predicted molar refractivity (Wildman–Crippen MR) is 73.7 cm³/mol. The van der Waals surface area contributed by atoms with Crippen LogP contribution in [0.5, 0.6) is 0 Å². The van der Waals surface area contributed by atoms with Crippen LogP contribution in [-0.4, -0.2) is 41.0 Å². The van der Waals surface area contributed by atoms with Crippen molar-refractivity contribution >= 4 is 11.7 Å². The summed E-state index contributed by atoms with van der Waals surface area (Å²) in [7, 11) is 0. The minimum Gasteiger partial charge on any atom is -0.502 e. The summed E-state index contributed by atoms with van der Waals surface area (Å²) < 4.78 is 13.4. The van der Waals surface area contributed by atoms with E-state index in [4.69, 9.17) is 0 Å². The molecule has 0 bridgehead atoms. The van der Waals surface area contributed by atoms with Crippen molar-refractivity contribution in [2.24, 2.45) is 0 Å². The van der Waals surface area contributed by atoms with Crippen molar-refractivity contribution in [3.8, 4) is 0 Å². The lowest BCUT2D eigenvalue weighted by Gasteiger charge is -2.38. The van der Waals surface area contributed by atoms with Gasteiger partial charge in [-0.05, 0) is 31.2 Å². The van der Waals surface area contributed by atoms with E-state index in [1.807, 2.05) is 0 Å². The molecule has 0 saturated carbocycles. The van der Waals surface area contributed by atoms with Crippen LogP contribution >= 0.6 is 0 Å². The largest absolute Gasteiger partial charge is 0.502 e. The monoisotopic (exact) mass is 321 g/mol. The molecule has 0 saturated heterocycles. The molecule has 4 N–H and O–H groups in total. The van der Waals surface area contributed by atoms with Gasteiger partial charge in [0.25, 0.3) is 5.91 Å². The number of carbonyl (C=O) groups is 1. The van der Waals surface area contributed by atoms with Crippen molar-refractivity contribution in [1.29, 1.82) is 0 Å². The molecule has 1 aromatic carbocycles. The van der Waals surface area contributed by atoms with Crippen LogP contribution in [0.3, 0.4) is 0 Å². The van der Waals surface area contributed by atoms with Crippen molar-refractivity contribution in [2.45, 2.75) is 12.6 Å². The van der Waals surface area contributed by atoms with Crippen LogP contribution in [0.4, 0.5) is 4.39 Å². The summed E-state index contributed by atoms with van der Waals surface area (Å²) in [5.41, 5.74) is -2.75. The first-order valence-electron chi connectivity index (χ1n) is 6.47. The molecule has 3 rings (SSSR count). The van der Waals surface area contributed by atoms with Crippen LogP contribution in [-0.2, 0) is 5.72 Å². The average molecular weight is 321 g/mol. The molecule has 2 aromatic rings. The predicted octanol–water partition coefficient (Wildman–Crippen LogP) is 1.32. The number of fused-ring (bicyclic) bond motifs is 1. The van der Waals surface area contributed by atoms with Crippen molar-refractivity contribution < 1.29 is 29.7 Å². The number of benzene rings is 1. The lowest BCUT2D eigenvalue weighted by molar-refractivity contribution is -0.0879. The average Bonchev–Trinajstić information content (AvgIpc) is 2.88. The molecule has 9 heteroatoms. The summed E-state index contributed by atoms with van der Waals surface area (Å²) in [6.45, 7) is 1.16. The van der Waals surface area contributed by atoms with E-state index < -0.39 is 29.1 Å². The van der Waals surface area contributed by atoms with E-state index in [-0.39, 0.29) is 17.0 Å². The molecule has 0 aliphatic carbocycles. The number of rotatable bonds is 1. The molecule has 1 aliphatic rings. The van der Waals surface area contributed by atoms with E-state index in [1.165, 1.54) is 0 Å². The third-order valence-corrected chi connectivity index (χ3v) is 3.58.